The average molecular weight is 217 g/mol. The number of methoxy groups -OCH3 is 1. The molecule has 1 aromatic heterocycles. The van der Waals surface area contributed by atoms with Crippen LogP contribution in [0.5, 0.6) is 5.75 Å². The van der Waals surface area contributed by atoms with E-state index in [1.165, 1.54) is 6.20 Å². The van der Waals surface area contributed by atoms with Crippen LogP contribution in [0.1, 0.15) is 5.82 Å². The number of hydrogen-bond acceptors (Lipinski definition) is 4. The Labute approximate surface area is 92.9 Å². The first-order valence-corrected chi connectivity index (χ1v) is 4.78. The number of aryl methyl sites for hydroxylation is 1. The SMILES string of the molecule is COc1ccc(-c2c[n+]([O-])c(C)nn2)cc1. The Balaban J connectivity index is 2.38. The van der Waals surface area contributed by atoms with Gasteiger partial charge in [-0.3, -0.25) is 0 Å². The minimum atomic E-state index is 0.331. The van der Waals surface area contributed by atoms with Gasteiger partial charge in [-0.1, -0.05) is 0 Å². The quantitative estimate of drug-likeness (QED) is 0.558. The van der Waals surface area contributed by atoms with Crippen LogP contribution >= 0.6 is 0 Å². The second-order valence-corrected chi connectivity index (χ2v) is 3.32. The van der Waals surface area contributed by atoms with Gasteiger partial charge in [-0.2, -0.15) is 0 Å². The summed E-state index contributed by atoms with van der Waals surface area (Å²) < 4.78 is 5.75. The molecule has 16 heavy (non-hydrogen) atoms. The van der Waals surface area contributed by atoms with Crippen molar-refractivity contribution in [1.82, 2.24) is 10.2 Å². The number of hydrogen-bond donors (Lipinski definition) is 0. The summed E-state index contributed by atoms with van der Waals surface area (Å²) in [6, 6.07) is 7.29. The van der Waals surface area contributed by atoms with Gasteiger partial charge in [0.25, 0.3) is 0 Å². The Bertz CT molecular complexity index is 497. The molecule has 5 nitrogen and oxygen atoms in total. The molecule has 0 fully saturated rings. The van der Waals surface area contributed by atoms with Crippen LogP contribution in [-0.2, 0) is 0 Å². The monoisotopic (exact) mass is 217 g/mol. The Kier molecular flexibility index (Phi) is 2.68. The fraction of sp³-hybridized carbons (Fsp3) is 0.182. The molecule has 2 rings (SSSR count). The molecule has 0 unspecified atom stereocenters. The van der Waals surface area contributed by atoms with Gasteiger partial charge < -0.3 is 9.94 Å². The van der Waals surface area contributed by atoms with Crippen molar-refractivity contribution in [3.05, 3.63) is 41.5 Å². The predicted molar refractivity (Wildman–Crippen MR) is 57.7 cm³/mol. The van der Waals surface area contributed by atoms with Gasteiger partial charge in [0.15, 0.2) is 5.69 Å². The predicted octanol–water partition coefficient (Wildman–Crippen LogP) is 1.09. The molecule has 82 valence electrons. The number of rotatable bonds is 2. The zero-order valence-electron chi connectivity index (χ0n) is 9.04. The number of benzene rings is 1. The molecular weight excluding hydrogens is 206 g/mol. The van der Waals surface area contributed by atoms with Crippen molar-refractivity contribution in [3.63, 3.8) is 0 Å². The van der Waals surface area contributed by atoms with Crippen molar-refractivity contribution >= 4 is 0 Å². The van der Waals surface area contributed by atoms with Crippen LogP contribution < -0.4 is 9.47 Å². The van der Waals surface area contributed by atoms with E-state index in [1.807, 2.05) is 24.3 Å². The summed E-state index contributed by atoms with van der Waals surface area (Å²) >= 11 is 0. The van der Waals surface area contributed by atoms with E-state index >= 15 is 0 Å². The van der Waals surface area contributed by atoms with Gasteiger partial charge in [0.1, 0.15) is 11.9 Å². The van der Waals surface area contributed by atoms with Gasteiger partial charge in [0.05, 0.1) is 12.2 Å². The molecule has 0 saturated carbocycles. The molecular formula is C11H11N3O2. The van der Waals surface area contributed by atoms with Crippen LogP contribution in [0.2, 0.25) is 0 Å². The Morgan fingerprint density at radius 3 is 2.44 bits per heavy atom. The van der Waals surface area contributed by atoms with Gasteiger partial charge >= 0.3 is 5.82 Å². The Hall–Kier alpha value is -2.17. The van der Waals surface area contributed by atoms with E-state index in [4.69, 9.17) is 4.74 Å². The van der Waals surface area contributed by atoms with Crippen molar-refractivity contribution in [3.8, 4) is 17.0 Å². The highest BCUT2D eigenvalue weighted by Gasteiger charge is 2.07. The highest BCUT2D eigenvalue weighted by atomic mass is 16.5. The van der Waals surface area contributed by atoms with E-state index in [2.05, 4.69) is 10.2 Å². The molecule has 0 aliphatic rings. The number of ether oxygens (including phenoxy) is 1. The van der Waals surface area contributed by atoms with Gasteiger partial charge in [-0.05, 0) is 29.4 Å². The number of nitrogens with zero attached hydrogens (tertiary/aromatic N) is 3. The summed E-state index contributed by atoms with van der Waals surface area (Å²) in [7, 11) is 1.60. The molecule has 0 radical (unpaired) electrons. The topological polar surface area (TPSA) is 62.0 Å². The molecule has 2 aromatic rings. The molecule has 5 heteroatoms. The van der Waals surface area contributed by atoms with Crippen LogP contribution in [-0.4, -0.2) is 17.3 Å². The van der Waals surface area contributed by atoms with E-state index in [0.717, 1.165) is 11.3 Å². The maximum absolute atomic E-state index is 11.3. The van der Waals surface area contributed by atoms with Gasteiger partial charge in [-0.15, -0.1) is 0 Å². The van der Waals surface area contributed by atoms with Crippen molar-refractivity contribution < 1.29 is 9.47 Å². The molecule has 0 atom stereocenters. The minimum absolute atomic E-state index is 0.331. The lowest BCUT2D eigenvalue weighted by atomic mass is 10.1. The fourth-order valence-corrected chi connectivity index (χ4v) is 1.29. The summed E-state index contributed by atoms with van der Waals surface area (Å²) in [4.78, 5) is 0. The van der Waals surface area contributed by atoms with E-state index in [1.54, 1.807) is 14.0 Å². The largest absolute Gasteiger partial charge is 0.711 e. The lowest BCUT2D eigenvalue weighted by Crippen LogP contribution is -2.31. The third-order valence-corrected chi connectivity index (χ3v) is 2.25. The highest BCUT2D eigenvalue weighted by molar-refractivity contribution is 5.57. The Morgan fingerprint density at radius 2 is 1.88 bits per heavy atom. The third kappa shape index (κ3) is 1.93. The summed E-state index contributed by atoms with van der Waals surface area (Å²) in [5.74, 6) is 1.09. The molecule has 1 aromatic carbocycles. The van der Waals surface area contributed by atoms with Crippen LogP contribution in [0.4, 0.5) is 0 Å². The summed E-state index contributed by atoms with van der Waals surface area (Å²) in [6.45, 7) is 1.61. The zero-order valence-corrected chi connectivity index (χ0v) is 9.04. The van der Waals surface area contributed by atoms with Crippen molar-refractivity contribution in [1.29, 1.82) is 0 Å². The number of aromatic nitrogens is 3. The van der Waals surface area contributed by atoms with E-state index < -0.39 is 0 Å². The molecule has 0 aliphatic heterocycles. The molecule has 0 bridgehead atoms. The van der Waals surface area contributed by atoms with Gasteiger partial charge in [0.2, 0.25) is 0 Å². The first-order valence-electron chi connectivity index (χ1n) is 4.78. The van der Waals surface area contributed by atoms with E-state index in [-0.39, 0.29) is 0 Å². The fourth-order valence-electron chi connectivity index (χ4n) is 1.29. The Morgan fingerprint density at radius 1 is 1.19 bits per heavy atom. The van der Waals surface area contributed by atoms with Crippen molar-refractivity contribution in [2.75, 3.05) is 7.11 Å². The highest BCUT2D eigenvalue weighted by Crippen LogP contribution is 2.18. The normalized spacial score (nSPS) is 10.1. The summed E-state index contributed by atoms with van der Waals surface area (Å²) in [5, 5.41) is 19.0. The lowest BCUT2D eigenvalue weighted by molar-refractivity contribution is -0.616. The van der Waals surface area contributed by atoms with Crippen LogP contribution in [0.15, 0.2) is 30.5 Å². The minimum Gasteiger partial charge on any atom is -0.711 e. The van der Waals surface area contributed by atoms with Crippen LogP contribution in [0.3, 0.4) is 0 Å². The van der Waals surface area contributed by atoms with Crippen molar-refractivity contribution in [2.45, 2.75) is 6.92 Å². The van der Waals surface area contributed by atoms with E-state index in [9.17, 15) is 5.21 Å². The first kappa shape index (κ1) is 10.4. The summed E-state index contributed by atoms with van der Waals surface area (Å²) in [5.41, 5.74) is 1.38. The molecule has 0 saturated heterocycles. The third-order valence-electron chi connectivity index (χ3n) is 2.25. The molecule has 0 aliphatic carbocycles. The molecule has 1 heterocycles. The van der Waals surface area contributed by atoms with E-state index in [0.29, 0.717) is 16.2 Å². The van der Waals surface area contributed by atoms with Crippen LogP contribution in [0.25, 0.3) is 11.3 Å². The second-order valence-electron chi connectivity index (χ2n) is 3.32. The second kappa shape index (κ2) is 4.14. The summed E-state index contributed by atoms with van der Waals surface area (Å²) in [6.07, 6.45) is 1.41. The van der Waals surface area contributed by atoms with Gasteiger partial charge in [-0.25, -0.2) is 4.73 Å². The maximum atomic E-state index is 11.3. The molecule has 0 amide bonds. The maximum Gasteiger partial charge on any atom is 0.326 e. The molecule has 0 spiro atoms. The van der Waals surface area contributed by atoms with Crippen molar-refractivity contribution in [2.24, 2.45) is 0 Å². The van der Waals surface area contributed by atoms with Crippen LogP contribution in [0, 0.1) is 12.1 Å². The smallest absolute Gasteiger partial charge is 0.326 e. The lowest BCUT2D eigenvalue weighted by Gasteiger charge is -2.04. The van der Waals surface area contributed by atoms with Gasteiger partial charge in [0, 0.05) is 12.5 Å². The standard InChI is InChI=1S/C11H11N3O2/c1-8-12-13-11(7-14(8)15)9-3-5-10(16-2)6-4-9/h3-7H,1-2H3. The first-order chi connectivity index (χ1) is 7.70. The average Bonchev–Trinajstić information content (AvgIpc) is 2.33. The zero-order chi connectivity index (χ0) is 11.5. The molecule has 0 N–H and O–H groups in total.